The monoisotopic (exact) mass is 863 g/mol. The first-order valence-electron chi connectivity index (χ1n) is 27.4. The van der Waals surface area contributed by atoms with Crippen molar-refractivity contribution < 1.29 is 9.47 Å². The fourth-order valence-electron chi connectivity index (χ4n) is 9.18. The Kier molecular flexibility index (Phi) is 39.8. The molecule has 0 saturated carbocycles. The topological polar surface area (TPSA) is 18.5 Å². The highest BCUT2D eigenvalue weighted by molar-refractivity contribution is 7.16. The summed E-state index contributed by atoms with van der Waals surface area (Å²) in [6.07, 6.45) is 56.7. The summed E-state index contributed by atoms with van der Waals surface area (Å²) < 4.78 is 12.5. The Bertz CT molecular complexity index is 1060. The van der Waals surface area contributed by atoms with Crippen LogP contribution in [0.1, 0.15) is 288 Å². The quantitative estimate of drug-likeness (QED) is 0.0488. The lowest BCUT2D eigenvalue weighted by Crippen LogP contribution is -2.03. The van der Waals surface area contributed by atoms with E-state index in [4.69, 9.17) is 9.47 Å². The number of rotatable bonds is 47. The van der Waals surface area contributed by atoms with Crippen LogP contribution in [0, 0.1) is 0 Å². The molecule has 0 aromatic heterocycles. The van der Waals surface area contributed by atoms with Crippen LogP contribution in [0.4, 0.5) is 0 Å². The van der Waals surface area contributed by atoms with Crippen molar-refractivity contribution in [2.75, 3.05) is 19.4 Å². The van der Waals surface area contributed by atoms with Crippen LogP contribution in [-0.4, -0.2) is 19.4 Å². The molecule has 2 nitrogen and oxygen atoms in total. The fourth-order valence-corrected chi connectivity index (χ4v) is 9.46. The zero-order chi connectivity index (χ0) is 43.4. The van der Waals surface area contributed by atoms with E-state index < -0.39 is 0 Å². The second kappa shape index (κ2) is 43.7. The summed E-state index contributed by atoms with van der Waals surface area (Å²) in [5.41, 5.74) is 2.83. The maximum absolute atomic E-state index is 6.23. The second-order valence-electron chi connectivity index (χ2n) is 19.0. The molecule has 2 rings (SSSR count). The molecule has 0 aliphatic carbocycles. The normalized spacial score (nSPS) is 11.5. The Labute approximate surface area is 384 Å². The average Bonchev–Trinajstić information content (AvgIpc) is 3.28. The zero-order valence-corrected chi connectivity index (χ0v) is 42.2. The van der Waals surface area contributed by atoms with Gasteiger partial charge in [-0.3, -0.25) is 0 Å². The first kappa shape index (κ1) is 55.6. The third-order valence-electron chi connectivity index (χ3n) is 13.3. The molecule has 0 amide bonds. The van der Waals surface area contributed by atoms with Crippen molar-refractivity contribution >= 4 is 9.24 Å². The van der Waals surface area contributed by atoms with Crippen molar-refractivity contribution in [2.24, 2.45) is 0 Å². The average molecular weight is 863 g/mol. The first-order chi connectivity index (χ1) is 30.3. The lowest BCUT2D eigenvalue weighted by atomic mass is 9.86. The van der Waals surface area contributed by atoms with Crippen LogP contribution >= 0.6 is 9.24 Å². The van der Waals surface area contributed by atoms with Gasteiger partial charge in [0.15, 0.2) is 0 Å². The van der Waals surface area contributed by atoms with E-state index in [2.05, 4.69) is 71.6 Å². The predicted octanol–water partition coefficient (Wildman–Crippen LogP) is 20.1. The third kappa shape index (κ3) is 33.6. The van der Waals surface area contributed by atoms with E-state index in [1.54, 1.807) is 0 Å². The first-order valence-corrected chi connectivity index (χ1v) is 28.3. The Morgan fingerprint density at radius 3 is 0.836 bits per heavy atom. The molecule has 1 atom stereocenters. The molecule has 352 valence electrons. The molecule has 0 aliphatic heterocycles. The highest BCUT2D eigenvalue weighted by Crippen LogP contribution is 2.33. The smallest absolute Gasteiger partial charge is 0.119 e. The van der Waals surface area contributed by atoms with Crippen LogP contribution in [0.25, 0.3) is 0 Å². The molecule has 1 unspecified atom stereocenters. The molecule has 2 aromatic rings. The van der Waals surface area contributed by atoms with Crippen molar-refractivity contribution in [2.45, 2.75) is 277 Å². The van der Waals surface area contributed by atoms with Gasteiger partial charge in [-0.15, -0.1) is 9.24 Å². The van der Waals surface area contributed by atoms with E-state index >= 15 is 0 Å². The van der Waals surface area contributed by atoms with Gasteiger partial charge in [0.1, 0.15) is 11.5 Å². The minimum atomic E-state index is 0.417. The van der Waals surface area contributed by atoms with Gasteiger partial charge in [0.05, 0.1) is 13.2 Å². The van der Waals surface area contributed by atoms with E-state index in [1.165, 1.54) is 261 Å². The Balaban J connectivity index is 1.63. The molecule has 2 aromatic carbocycles. The number of benzene rings is 2. The van der Waals surface area contributed by atoms with Crippen LogP contribution in [-0.2, 0) is 0 Å². The van der Waals surface area contributed by atoms with Crippen molar-refractivity contribution in [3.63, 3.8) is 0 Å². The molecule has 0 saturated heterocycles. The van der Waals surface area contributed by atoms with Gasteiger partial charge in [-0.2, -0.15) is 0 Å². The predicted molar refractivity (Wildman–Crippen MR) is 276 cm³/mol. The van der Waals surface area contributed by atoms with Crippen LogP contribution in [0.3, 0.4) is 0 Å². The summed E-state index contributed by atoms with van der Waals surface area (Å²) in [6, 6.07) is 18.2. The molecule has 0 spiro atoms. The number of hydrogen-bond acceptors (Lipinski definition) is 2. The van der Waals surface area contributed by atoms with E-state index in [9.17, 15) is 0 Å². The third-order valence-corrected chi connectivity index (χ3v) is 13.7. The van der Waals surface area contributed by atoms with Crippen LogP contribution in [0.2, 0.25) is 0 Å². The number of ether oxygens (including phenoxy) is 2. The number of hydrogen-bond donors (Lipinski definition) is 0. The lowest BCUT2D eigenvalue weighted by molar-refractivity contribution is 0.304. The van der Waals surface area contributed by atoms with Gasteiger partial charge < -0.3 is 9.47 Å². The molecule has 0 aliphatic rings. The highest BCUT2D eigenvalue weighted by atomic mass is 31.0. The maximum atomic E-state index is 6.23. The van der Waals surface area contributed by atoms with Gasteiger partial charge in [-0.25, -0.2) is 0 Å². The van der Waals surface area contributed by atoms with Crippen molar-refractivity contribution in [3.8, 4) is 11.5 Å². The van der Waals surface area contributed by atoms with Crippen LogP contribution in [0.15, 0.2) is 48.5 Å². The van der Waals surface area contributed by atoms with Gasteiger partial charge in [-0.1, -0.05) is 269 Å². The van der Waals surface area contributed by atoms with Crippen molar-refractivity contribution in [1.82, 2.24) is 0 Å². The minimum absolute atomic E-state index is 0.417. The largest absolute Gasteiger partial charge is 0.494 e. The van der Waals surface area contributed by atoms with E-state index in [0.29, 0.717) is 5.92 Å². The Hall–Kier alpha value is -1.53. The molecule has 0 fully saturated rings. The Morgan fingerprint density at radius 1 is 0.311 bits per heavy atom. The summed E-state index contributed by atoms with van der Waals surface area (Å²) >= 11 is 0. The molecule has 3 heteroatoms. The van der Waals surface area contributed by atoms with Gasteiger partial charge in [0, 0.05) is 5.92 Å². The summed E-state index contributed by atoms with van der Waals surface area (Å²) in [7, 11) is 2.87. The minimum Gasteiger partial charge on any atom is -0.494 e. The molecule has 0 radical (unpaired) electrons. The van der Waals surface area contributed by atoms with Crippen molar-refractivity contribution in [1.29, 1.82) is 0 Å². The fraction of sp³-hybridized carbons (Fsp3) is 0.793. The van der Waals surface area contributed by atoms with Gasteiger partial charge in [-0.05, 0) is 67.2 Å². The van der Waals surface area contributed by atoms with E-state index in [1.807, 2.05) is 0 Å². The molecular formula is C58H103O2P. The Morgan fingerprint density at radius 2 is 0.557 bits per heavy atom. The summed E-state index contributed by atoms with van der Waals surface area (Å²) in [5, 5.41) is 0. The SMILES string of the molecule is CCCCCCCCCCCCCCCCCCOc1ccc(C(CCCCCCCCCP)c2ccc(OCCCCCCCCCCCCCCCCCC)cc2)cc1. The van der Waals surface area contributed by atoms with Crippen LogP contribution < -0.4 is 9.47 Å². The highest BCUT2D eigenvalue weighted by Gasteiger charge is 2.15. The summed E-state index contributed by atoms with van der Waals surface area (Å²) in [5.74, 6) is 2.46. The van der Waals surface area contributed by atoms with Crippen LogP contribution in [0.5, 0.6) is 11.5 Å². The standard InChI is InChI=1S/C58H103O2P/c1-3-5-7-9-11-13-15-17-19-21-23-25-27-31-35-39-51-59-56-47-43-54(44-48-56)58(42-38-34-30-29-33-37-41-53-61)55-45-49-57(50-46-55)60-52-40-36-32-28-26-24-22-20-18-16-14-12-10-8-6-4-2/h43-50,58H,3-42,51-53,61H2,1-2H3. The molecule has 0 heterocycles. The maximum Gasteiger partial charge on any atom is 0.119 e. The van der Waals surface area contributed by atoms with E-state index in [0.717, 1.165) is 37.6 Å². The van der Waals surface area contributed by atoms with Gasteiger partial charge >= 0.3 is 0 Å². The van der Waals surface area contributed by atoms with E-state index in [-0.39, 0.29) is 0 Å². The second-order valence-corrected chi connectivity index (χ2v) is 19.6. The molecule has 0 bridgehead atoms. The lowest BCUT2D eigenvalue weighted by Gasteiger charge is -2.19. The molecule has 61 heavy (non-hydrogen) atoms. The molecular weight excluding hydrogens is 760 g/mol. The zero-order valence-electron chi connectivity index (χ0n) is 41.0. The summed E-state index contributed by atoms with van der Waals surface area (Å²) in [4.78, 5) is 0. The van der Waals surface area contributed by atoms with Gasteiger partial charge in [0.25, 0.3) is 0 Å². The summed E-state index contributed by atoms with van der Waals surface area (Å²) in [6.45, 7) is 6.27. The number of unbranched alkanes of at least 4 members (excludes halogenated alkanes) is 36. The molecule has 0 N–H and O–H groups in total. The van der Waals surface area contributed by atoms with Gasteiger partial charge in [0.2, 0.25) is 0 Å². The van der Waals surface area contributed by atoms with Crippen molar-refractivity contribution in [3.05, 3.63) is 59.7 Å².